The van der Waals surface area contributed by atoms with Crippen molar-refractivity contribution in [2.75, 3.05) is 6.26 Å². The minimum atomic E-state index is -0.603. The van der Waals surface area contributed by atoms with Crippen LogP contribution in [0.25, 0.3) is 0 Å². The number of hydrogen-bond acceptors (Lipinski definition) is 4. The van der Waals surface area contributed by atoms with Crippen LogP contribution >= 0.6 is 11.8 Å². The van der Waals surface area contributed by atoms with Crippen LogP contribution in [0.3, 0.4) is 0 Å². The number of benzene rings is 1. The van der Waals surface area contributed by atoms with Crippen LogP contribution in [0.4, 0.5) is 8.78 Å². The molecule has 6 heteroatoms. The normalized spacial score (nSPS) is 18.4. The fraction of sp³-hybridized carbons (Fsp3) is 0.231. The van der Waals surface area contributed by atoms with Gasteiger partial charge in [0.2, 0.25) is 0 Å². The van der Waals surface area contributed by atoms with Crippen LogP contribution in [0.2, 0.25) is 0 Å². The minimum Gasteiger partial charge on any atom is -0.338 e. The summed E-state index contributed by atoms with van der Waals surface area (Å²) in [5.41, 5.74) is 0.550. The molecule has 100 valence electrons. The average Bonchev–Trinajstić information content (AvgIpc) is 2.42. The molecule has 1 aromatic rings. The zero-order chi connectivity index (χ0) is 13.8. The molecule has 0 bridgehead atoms. The molecule has 0 saturated heterocycles. The molecule has 0 aliphatic carbocycles. The smallest absolute Gasteiger partial charge is 0.161 e. The lowest BCUT2D eigenvalue weighted by molar-refractivity contribution is -0.108. The summed E-state index contributed by atoms with van der Waals surface area (Å²) in [4.78, 5) is 14.9. The van der Waals surface area contributed by atoms with Gasteiger partial charge in [-0.1, -0.05) is 17.8 Å². The molecule has 0 fully saturated rings. The maximum absolute atomic E-state index is 13.6. The quantitative estimate of drug-likeness (QED) is 0.865. The highest BCUT2D eigenvalue weighted by molar-refractivity contribution is 8.13. The third-order valence-electron chi connectivity index (χ3n) is 2.67. The van der Waals surface area contributed by atoms with Gasteiger partial charge in [-0.05, 0) is 24.5 Å². The molecule has 1 atom stereocenters. The van der Waals surface area contributed by atoms with Gasteiger partial charge in [0, 0.05) is 17.7 Å². The first kappa shape index (κ1) is 13.7. The van der Waals surface area contributed by atoms with Gasteiger partial charge in [-0.3, -0.25) is 0 Å². The van der Waals surface area contributed by atoms with E-state index < -0.39 is 17.7 Å². The number of aldehydes is 1. The van der Waals surface area contributed by atoms with E-state index in [-0.39, 0.29) is 12.0 Å². The maximum Gasteiger partial charge on any atom is 0.161 e. The molecule has 0 saturated carbocycles. The molecule has 1 aliphatic heterocycles. The molecule has 0 aromatic heterocycles. The molecular weight excluding hydrogens is 270 g/mol. The van der Waals surface area contributed by atoms with Crippen LogP contribution in [0.15, 0.2) is 35.0 Å². The Kier molecular flexibility index (Phi) is 4.31. The number of nitrogens with zero attached hydrogens (tertiary/aromatic N) is 1. The summed E-state index contributed by atoms with van der Waals surface area (Å²) in [5, 5.41) is 3.51. The van der Waals surface area contributed by atoms with Crippen LogP contribution in [0.5, 0.6) is 0 Å². The van der Waals surface area contributed by atoms with Gasteiger partial charge in [-0.25, -0.2) is 13.8 Å². The summed E-state index contributed by atoms with van der Waals surface area (Å²) in [6.07, 6.45) is 4.12. The first-order chi connectivity index (χ1) is 9.13. The Morgan fingerprint density at radius 1 is 1.42 bits per heavy atom. The van der Waals surface area contributed by atoms with E-state index in [0.29, 0.717) is 17.2 Å². The Balaban J connectivity index is 2.24. The highest BCUT2D eigenvalue weighted by Gasteiger charge is 2.17. The molecule has 1 unspecified atom stereocenters. The Morgan fingerprint density at radius 2 is 2.11 bits per heavy atom. The molecule has 2 rings (SSSR count). The number of thioether (sulfide) groups is 1. The number of rotatable bonds is 3. The van der Waals surface area contributed by atoms with Crippen molar-refractivity contribution in [1.82, 2.24) is 5.32 Å². The van der Waals surface area contributed by atoms with E-state index in [1.54, 1.807) is 12.3 Å². The molecule has 0 spiro atoms. The van der Waals surface area contributed by atoms with Crippen LogP contribution < -0.4 is 5.32 Å². The van der Waals surface area contributed by atoms with Gasteiger partial charge < -0.3 is 10.1 Å². The van der Waals surface area contributed by atoms with Crippen molar-refractivity contribution in [2.45, 2.75) is 12.5 Å². The Morgan fingerprint density at radius 3 is 2.68 bits per heavy atom. The van der Waals surface area contributed by atoms with Crippen molar-refractivity contribution < 1.29 is 13.6 Å². The molecular formula is C13H12F2N2OS. The van der Waals surface area contributed by atoms with E-state index in [4.69, 9.17) is 0 Å². The Labute approximate surface area is 113 Å². The van der Waals surface area contributed by atoms with Crippen molar-refractivity contribution in [3.05, 3.63) is 47.2 Å². The minimum absolute atomic E-state index is 0.0201. The van der Waals surface area contributed by atoms with Crippen molar-refractivity contribution in [2.24, 2.45) is 4.99 Å². The van der Waals surface area contributed by atoms with Gasteiger partial charge in [0.25, 0.3) is 0 Å². The lowest BCUT2D eigenvalue weighted by Crippen LogP contribution is -2.29. The highest BCUT2D eigenvalue weighted by Crippen LogP contribution is 2.18. The number of halogens is 2. The molecule has 1 aromatic carbocycles. The second-order valence-corrected chi connectivity index (χ2v) is 4.75. The molecule has 0 amide bonds. The third kappa shape index (κ3) is 3.20. The molecule has 3 nitrogen and oxygen atoms in total. The zero-order valence-corrected chi connectivity index (χ0v) is 11.0. The molecule has 1 N–H and O–H groups in total. The number of amidine groups is 1. The molecule has 19 heavy (non-hydrogen) atoms. The third-order valence-corrected chi connectivity index (χ3v) is 3.26. The van der Waals surface area contributed by atoms with Crippen molar-refractivity contribution in [3.63, 3.8) is 0 Å². The van der Waals surface area contributed by atoms with Crippen molar-refractivity contribution in [1.29, 1.82) is 0 Å². The summed E-state index contributed by atoms with van der Waals surface area (Å²) in [6, 6.07) is 3.14. The van der Waals surface area contributed by atoms with Crippen molar-refractivity contribution in [3.8, 4) is 0 Å². The molecule has 0 radical (unpaired) electrons. The van der Waals surface area contributed by atoms with Crippen LogP contribution in [-0.2, 0) is 11.2 Å². The summed E-state index contributed by atoms with van der Waals surface area (Å²) in [7, 11) is 0. The molecule has 1 aliphatic rings. The van der Waals surface area contributed by atoms with Crippen molar-refractivity contribution >= 4 is 23.2 Å². The van der Waals surface area contributed by atoms with Gasteiger partial charge in [0.15, 0.2) is 5.17 Å². The monoisotopic (exact) mass is 282 g/mol. The van der Waals surface area contributed by atoms with Crippen LogP contribution in [0.1, 0.15) is 5.56 Å². The second-order valence-electron chi connectivity index (χ2n) is 3.96. The van der Waals surface area contributed by atoms with Gasteiger partial charge in [0.1, 0.15) is 24.0 Å². The number of carbonyl (C=O) groups excluding carboxylic acids is 1. The highest BCUT2D eigenvalue weighted by atomic mass is 32.2. The SMILES string of the molecule is CSC1=NC(C=O)C=C(Cc2c(F)cccc2F)N1. The first-order valence-corrected chi connectivity index (χ1v) is 6.84. The first-order valence-electron chi connectivity index (χ1n) is 5.61. The average molecular weight is 282 g/mol. The van der Waals surface area contributed by atoms with E-state index in [9.17, 15) is 13.6 Å². The summed E-state index contributed by atoms with van der Waals surface area (Å²) in [5.74, 6) is -1.20. The number of allylic oxidation sites excluding steroid dienone is 1. The van der Waals surface area contributed by atoms with Crippen LogP contribution in [-0.4, -0.2) is 23.8 Å². The van der Waals surface area contributed by atoms with E-state index in [2.05, 4.69) is 10.3 Å². The zero-order valence-electron chi connectivity index (χ0n) is 10.2. The van der Waals surface area contributed by atoms with E-state index in [0.717, 1.165) is 0 Å². The fourth-order valence-electron chi connectivity index (χ4n) is 1.76. The maximum atomic E-state index is 13.6. The van der Waals surface area contributed by atoms with Gasteiger partial charge in [0.05, 0.1) is 0 Å². The van der Waals surface area contributed by atoms with Gasteiger partial charge in [-0.15, -0.1) is 0 Å². The predicted octanol–water partition coefficient (Wildman–Crippen LogP) is 2.28. The summed E-state index contributed by atoms with van der Waals surface area (Å²) >= 11 is 1.34. The lowest BCUT2D eigenvalue weighted by Gasteiger charge is -2.19. The number of aliphatic imine (C=N–C) groups is 1. The summed E-state index contributed by atoms with van der Waals surface area (Å²) < 4.78 is 27.1. The van der Waals surface area contributed by atoms with Gasteiger partial charge >= 0.3 is 0 Å². The number of carbonyl (C=O) groups is 1. The molecule has 1 heterocycles. The Hall–Kier alpha value is -1.69. The predicted molar refractivity (Wildman–Crippen MR) is 72.1 cm³/mol. The van der Waals surface area contributed by atoms with E-state index in [1.807, 2.05) is 0 Å². The standard InChI is InChI=1S/C13H12F2N2OS/c1-19-13-16-8(5-9(7-18)17-13)6-10-11(14)3-2-4-12(10)15/h2-5,7,9H,6H2,1H3,(H,16,17). The van der Waals surface area contributed by atoms with Gasteiger partial charge in [-0.2, -0.15) is 0 Å². The van der Waals surface area contributed by atoms with E-state index in [1.165, 1.54) is 30.0 Å². The number of hydrogen-bond donors (Lipinski definition) is 1. The largest absolute Gasteiger partial charge is 0.338 e. The fourth-order valence-corrected chi connectivity index (χ4v) is 2.22. The number of nitrogens with one attached hydrogen (secondary N) is 1. The summed E-state index contributed by atoms with van der Waals surface area (Å²) in [6.45, 7) is 0. The lowest BCUT2D eigenvalue weighted by atomic mass is 10.1. The van der Waals surface area contributed by atoms with E-state index >= 15 is 0 Å². The van der Waals surface area contributed by atoms with Crippen LogP contribution in [0, 0.1) is 11.6 Å². The topological polar surface area (TPSA) is 41.5 Å². The second kappa shape index (κ2) is 5.97. The Bertz CT molecular complexity index is 537.